The summed E-state index contributed by atoms with van der Waals surface area (Å²) in [4.78, 5) is 0. The van der Waals surface area contributed by atoms with Gasteiger partial charge in [0.05, 0.1) is 15.8 Å². The average molecular weight is 362 g/mol. The van der Waals surface area contributed by atoms with Crippen molar-refractivity contribution in [2.45, 2.75) is 6.04 Å². The molecule has 118 valence electrons. The lowest BCUT2D eigenvalue weighted by Gasteiger charge is -2.12. The van der Waals surface area contributed by atoms with Crippen LogP contribution in [-0.4, -0.2) is 18.7 Å². The second kappa shape index (κ2) is 6.85. The highest BCUT2D eigenvalue weighted by molar-refractivity contribution is 7.85. The number of hydrogen-bond acceptors (Lipinski definition) is 4. The summed E-state index contributed by atoms with van der Waals surface area (Å²) in [5.74, 6) is 0.375. The third kappa shape index (κ3) is 4.86. The maximum Gasteiger partial charge on any atom is 0.266 e. The number of benzene rings is 2. The van der Waals surface area contributed by atoms with Gasteiger partial charge in [-0.2, -0.15) is 8.42 Å². The second-order valence-corrected chi connectivity index (χ2v) is 6.92. The number of halogens is 2. The Morgan fingerprint density at radius 3 is 2.41 bits per heavy atom. The van der Waals surface area contributed by atoms with Crippen LogP contribution in [0, 0.1) is 0 Å². The van der Waals surface area contributed by atoms with Gasteiger partial charge in [-0.1, -0.05) is 35.3 Å². The fraction of sp³-hybridized carbons (Fsp3) is 0.143. The van der Waals surface area contributed by atoms with Crippen LogP contribution in [0.15, 0.2) is 42.5 Å². The molecule has 2 aromatic rings. The quantitative estimate of drug-likeness (QED) is 0.792. The Kier molecular flexibility index (Phi) is 5.31. The monoisotopic (exact) mass is 361 g/mol. The first-order valence-corrected chi connectivity index (χ1v) is 8.55. The van der Waals surface area contributed by atoms with Crippen molar-refractivity contribution >= 4 is 33.3 Å². The molecule has 3 N–H and O–H groups in total. The van der Waals surface area contributed by atoms with Crippen molar-refractivity contribution in [3.8, 4) is 11.5 Å². The number of rotatable bonds is 5. The predicted molar refractivity (Wildman–Crippen MR) is 86.3 cm³/mol. The number of ether oxygens (including phenoxy) is 1. The van der Waals surface area contributed by atoms with Crippen molar-refractivity contribution in [1.29, 1.82) is 0 Å². The maximum atomic E-state index is 10.9. The molecule has 0 spiro atoms. The molecule has 0 aliphatic heterocycles. The van der Waals surface area contributed by atoms with Gasteiger partial charge in [0, 0.05) is 12.1 Å². The molecule has 0 saturated carbocycles. The lowest BCUT2D eigenvalue weighted by molar-refractivity contribution is 0.474. The zero-order chi connectivity index (χ0) is 16.3. The van der Waals surface area contributed by atoms with Crippen LogP contribution in [0.1, 0.15) is 11.6 Å². The van der Waals surface area contributed by atoms with E-state index >= 15 is 0 Å². The van der Waals surface area contributed by atoms with Gasteiger partial charge in [-0.05, 0) is 29.8 Å². The zero-order valence-electron chi connectivity index (χ0n) is 11.2. The lowest BCUT2D eigenvalue weighted by Crippen LogP contribution is -2.21. The minimum atomic E-state index is -4.15. The van der Waals surface area contributed by atoms with Crippen molar-refractivity contribution in [3.63, 3.8) is 0 Å². The highest BCUT2D eigenvalue weighted by Crippen LogP contribution is 2.30. The second-order valence-electron chi connectivity index (χ2n) is 4.61. The zero-order valence-corrected chi connectivity index (χ0v) is 13.6. The molecule has 0 amide bonds. The van der Waals surface area contributed by atoms with Gasteiger partial charge in [-0.3, -0.25) is 4.55 Å². The largest absolute Gasteiger partial charge is 0.457 e. The Labute approximate surface area is 138 Å². The predicted octanol–water partition coefficient (Wildman–Crippen LogP) is 3.67. The molecule has 2 rings (SSSR count). The molecule has 0 radical (unpaired) electrons. The highest BCUT2D eigenvalue weighted by atomic mass is 35.5. The van der Waals surface area contributed by atoms with Gasteiger partial charge < -0.3 is 10.5 Å². The summed E-state index contributed by atoms with van der Waals surface area (Å²) in [5, 5.41) is 0.774. The van der Waals surface area contributed by atoms with Crippen molar-refractivity contribution in [3.05, 3.63) is 58.1 Å². The fourth-order valence-corrected chi connectivity index (χ4v) is 2.74. The minimum Gasteiger partial charge on any atom is -0.457 e. The smallest absolute Gasteiger partial charge is 0.266 e. The van der Waals surface area contributed by atoms with E-state index in [9.17, 15) is 8.42 Å². The molecule has 2 aromatic carbocycles. The van der Waals surface area contributed by atoms with E-state index in [4.69, 9.17) is 38.2 Å². The summed E-state index contributed by atoms with van der Waals surface area (Å²) in [6.45, 7) is 0. The Hall–Kier alpha value is -1.31. The standard InChI is InChI=1S/C14H13Cl2NO4S/c15-12-5-4-11(7-13(12)16)21-10-3-1-2-9(6-10)14(17)8-22(18,19)20/h1-7,14H,8,17H2,(H,18,19,20). The van der Waals surface area contributed by atoms with Crippen LogP contribution in [0.5, 0.6) is 11.5 Å². The molecule has 0 bridgehead atoms. The van der Waals surface area contributed by atoms with Crippen LogP contribution in [0.3, 0.4) is 0 Å². The molecule has 0 aliphatic rings. The number of hydrogen-bond donors (Lipinski definition) is 2. The normalized spacial score (nSPS) is 12.9. The highest BCUT2D eigenvalue weighted by Gasteiger charge is 2.15. The number of nitrogens with two attached hydrogens (primary N) is 1. The van der Waals surface area contributed by atoms with Crippen molar-refractivity contribution in [2.24, 2.45) is 5.73 Å². The SMILES string of the molecule is NC(CS(=O)(=O)O)c1cccc(Oc2ccc(Cl)c(Cl)c2)c1. The molecule has 1 atom stereocenters. The van der Waals surface area contributed by atoms with Crippen molar-refractivity contribution < 1.29 is 17.7 Å². The van der Waals surface area contributed by atoms with Gasteiger partial charge >= 0.3 is 0 Å². The van der Waals surface area contributed by atoms with Gasteiger partial charge in [0.15, 0.2) is 0 Å². The molecule has 8 heteroatoms. The Morgan fingerprint density at radius 2 is 1.77 bits per heavy atom. The van der Waals surface area contributed by atoms with E-state index in [0.29, 0.717) is 27.1 Å². The van der Waals surface area contributed by atoms with Crippen LogP contribution in [-0.2, 0) is 10.1 Å². The molecular formula is C14H13Cl2NO4S. The fourth-order valence-electron chi connectivity index (χ4n) is 1.81. The Balaban J connectivity index is 2.19. The van der Waals surface area contributed by atoms with E-state index in [1.165, 1.54) is 0 Å². The molecule has 5 nitrogen and oxygen atoms in total. The van der Waals surface area contributed by atoms with E-state index in [0.717, 1.165) is 0 Å². The Morgan fingerprint density at radius 1 is 1.09 bits per heavy atom. The third-order valence-corrected chi connectivity index (χ3v) is 4.32. The van der Waals surface area contributed by atoms with E-state index in [1.807, 2.05) is 0 Å². The van der Waals surface area contributed by atoms with Gasteiger partial charge in [-0.15, -0.1) is 0 Å². The summed E-state index contributed by atoms with van der Waals surface area (Å²) in [6, 6.07) is 10.6. The van der Waals surface area contributed by atoms with E-state index < -0.39 is 21.9 Å². The van der Waals surface area contributed by atoms with E-state index in [-0.39, 0.29) is 0 Å². The first-order chi connectivity index (χ1) is 10.2. The van der Waals surface area contributed by atoms with E-state index in [2.05, 4.69) is 0 Å². The minimum absolute atomic E-state index is 0.360. The molecule has 0 saturated heterocycles. The first-order valence-electron chi connectivity index (χ1n) is 6.18. The molecule has 0 aliphatic carbocycles. The maximum absolute atomic E-state index is 10.9. The third-order valence-electron chi connectivity index (χ3n) is 2.80. The summed E-state index contributed by atoms with van der Waals surface area (Å²) >= 11 is 11.7. The molecule has 0 aromatic heterocycles. The van der Waals surface area contributed by atoms with Gasteiger partial charge in [0.2, 0.25) is 0 Å². The topological polar surface area (TPSA) is 89.6 Å². The van der Waals surface area contributed by atoms with Crippen LogP contribution >= 0.6 is 23.2 Å². The van der Waals surface area contributed by atoms with E-state index in [1.54, 1.807) is 42.5 Å². The summed E-state index contributed by atoms with van der Waals surface area (Å²) in [7, 11) is -4.15. The van der Waals surface area contributed by atoms with Crippen LogP contribution in [0.4, 0.5) is 0 Å². The molecule has 1 unspecified atom stereocenters. The first kappa shape index (κ1) is 17.1. The molecule has 22 heavy (non-hydrogen) atoms. The van der Waals surface area contributed by atoms with Gasteiger partial charge in [-0.25, -0.2) is 0 Å². The molecule has 0 fully saturated rings. The van der Waals surface area contributed by atoms with Crippen LogP contribution < -0.4 is 10.5 Å². The summed E-state index contributed by atoms with van der Waals surface area (Å²) in [5.41, 5.74) is 6.28. The molecule has 0 heterocycles. The average Bonchev–Trinajstić information content (AvgIpc) is 2.41. The van der Waals surface area contributed by atoms with Crippen LogP contribution in [0.2, 0.25) is 10.0 Å². The van der Waals surface area contributed by atoms with Crippen molar-refractivity contribution in [2.75, 3.05) is 5.75 Å². The van der Waals surface area contributed by atoms with Gasteiger partial charge in [0.25, 0.3) is 10.1 Å². The summed E-state index contributed by atoms with van der Waals surface area (Å²) in [6.07, 6.45) is 0. The van der Waals surface area contributed by atoms with Gasteiger partial charge in [0.1, 0.15) is 11.5 Å². The Bertz CT molecular complexity index is 780. The summed E-state index contributed by atoms with van der Waals surface area (Å²) < 4.78 is 36.2. The van der Waals surface area contributed by atoms with Crippen molar-refractivity contribution in [1.82, 2.24) is 0 Å². The van der Waals surface area contributed by atoms with Crippen LogP contribution in [0.25, 0.3) is 0 Å². The lowest BCUT2D eigenvalue weighted by atomic mass is 10.1. The molecular weight excluding hydrogens is 349 g/mol.